The molecule has 0 bridgehead atoms. The minimum Gasteiger partial charge on any atom is -0.244 e. The molecule has 15 heavy (non-hydrogen) atoms. The lowest BCUT2D eigenvalue weighted by molar-refractivity contribution is 1.17. The van der Waals surface area contributed by atoms with Crippen LogP contribution in [0, 0.1) is 18.3 Å². The molecule has 2 aromatic rings. The Bertz CT molecular complexity index is 512. The molecule has 0 aliphatic rings. The zero-order valence-electron chi connectivity index (χ0n) is 8.31. The molecule has 0 saturated heterocycles. The van der Waals surface area contributed by atoms with E-state index in [4.69, 9.17) is 5.26 Å². The zero-order chi connectivity index (χ0) is 10.7. The molecule has 3 heteroatoms. The van der Waals surface area contributed by atoms with Crippen LogP contribution in [-0.4, -0.2) is 9.97 Å². The van der Waals surface area contributed by atoms with Crippen LogP contribution in [0.5, 0.6) is 0 Å². The molecule has 0 atom stereocenters. The summed E-state index contributed by atoms with van der Waals surface area (Å²) < 4.78 is 0. The highest BCUT2D eigenvalue weighted by atomic mass is 14.8. The quantitative estimate of drug-likeness (QED) is 0.701. The van der Waals surface area contributed by atoms with Crippen LogP contribution in [0.2, 0.25) is 0 Å². The molecule has 0 spiro atoms. The van der Waals surface area contributed by atoms with Gasteiger partial charge in [0.15, 0.2) is 0 Å². The van der Waals surface area contributed by atoms with Crippen LogP contribution < -0.4 is 0 Å². The summed E-state index contributed by atoms with van der Waals surface area (Å²) in [6.45, 7) is 1.99. The van der Waals surface area contributed by atoms with Gasteiger partial charge in [-0.1, -0.05) is 11.6 Å². The summed E-state index contributed by atoms with van der Waals surface area (Å²) in [5.74, 6) is 0. The van der Waals surface area contributed by atoms with Gasteiger partial charge in [0.1, 0.15) is 6.33 Å². The molecule has 0 aliphatic heterocycles. The van der Waals surface area contributed by atoms with Crippen molar-refractivity contribution in [3.63, 3.8) is 0 Å². The van der Waals surface area contributed by atoms with Crippen molar-refractivity contribution < 1.29 is 0 Å². The maximum atomic E-state index is 8.98. The van der Waals surface area contributed by atoms with Crippen LogP contribution in [0.3, 0.4) is 0 Å². The lowest BCUT2D eigenvalue weighted by atomic mass is 10.0. The normalized spacial score (nSPS) is 9.60. The van der Waals surface area contributed by atoms with Crippen molar-refractivity contribution >= 4 is 0 Å². The monoisotopic (exact) mass is 195 g/mol. The number of rotatable bonds is 1. The van der Waals surface area contributed by atoms with E-state index in [0.29, 0.717) is 5.56 Å². The molecule has 0 saturated carbocycles. The van der Waals surface area contributed by atoms with Gasteiger partial charge >= 0.3 is 0 Å². The van der Waals surface area contributed by atoms with Crippen LogP contribution >= 0.6 is 0 Å². The van der Waals surface area contributed by atoms with Crippen molar-refractivity contribution in [2.45, 2.75) is 6.92 Å². The van der Waals surface area contributed by atoms with Gasteiger partial charge in [0.25, 0.3) is 0 Å². The van der Waals surface area contributed by atoms with E-state index in [-0.39, 0.29) is 0 Å². The van der Waals surface area contributed by atoms with Crippen molar-refractivity contribution in [3.05, 3.63) is 48.0 Å². The fraction of sp³-hybridized carbons (Fsp3) is 0.0833. The van der Waals surface area contributed by atoms with E-state index in [9.17, 15) is 0 Å². The predicted octanol–water partition coefficient (Wildman–Crippen LogP) is 2.32. The summed E-state index contributed by atoms with van der Waals surface area (Å²) in [4.78, 5) is 7.89. The molecule has 0 N–H and O–H groups in total. The third-order valence-corrected chi connectivity index (χ3v) is 2.17. The van der Waals surface area contributed by atoms with E-state index in [0.717, 1.165) is 16.7 Å². The average Bonchev–Trinajstić information content (AvgIpc) is 2.30. The smallest absolute Gasteiger partial charge is 0.115 e. The Kier molecular flexibility index (Phi) is 2.42. The van der Waals surface area contributed by atoms with Crippen molar-refractivity contribution in [2.75, 3.05) is 0 Å². The molecule has 1 aromatic heterocycles. The maximum absolute atomic E-state index is 8.98. The van der Waals surface area contributed by atoms with Crippen LogP contribution in [0.15, 0.2) is 36.9 Å². The Hall–Kier alpha value is -2.21. The fourth-order valence-corrected chi connectivity index (χ4v) is 1.43. The molecule has 0 radical (unpaired) electrons. The standard InChI is InChI=1S/C12H9N3/c1-9-2-3-10(5-13)12(4-9)11-6-14-8-15-7-11/h2-4,6-8H,1H3. The first-order valence-electron chi connectivity index (χ1n) is 4.57. The second-order valence-electron chi connectivity index (χ2n) is 3.29. The molecule has 0 amide bonds. The molecule has 2 rings (SSSR count). The second-order valence-corrected chi connectivity index (χ2v) is 3.29. The number of benzene rings is 1. The van der Waals surface area contributed by atoms with Crippen molar-refractivity contribution in [2.24, 2.45) is 0 Å². The van der Waals surface area contributed by atoms with Gasteiger partial charge in [0.05, 0.1) is 11.6 Å². The molecular weight excluding hydrogens is 186 g/mol. The van der Waals surface area contributed by atoms with Gasteiger partial charge in [-0.3, -0.25) is 0 Å². The largest absolute Gasteiger partial charge is 0.244 e. The molecule has 0 aliphatic carbocycles. The first kappa shape index (κ1) is 9.35. The van der Waals surface area contributed by atoms with Crippen molar-refractivity contribution in [1.82, 2.24) is 9.97 Å². The van der Waals surface area contributed by atoms with Gasteiger partial charge in [0.2, 0.25) is 0 Å². The molecule has 3 nitrogen and oxygen atoms in total. The van der Waals surface area contributed by atoms with Gasteiger partial charge in [-0.2, -0.15) is 5.26 Å². The average molecular weight is 195 g/mol. The zero-order valence-corrected chi connectivity index (χ0v) is 8.31. The van der Waals surface area contributed by atoms with Crippen molar-refractivity contribution in [3.8, 4) is 17.2 Å². The Labute approximate surface area is 88.1 Å². The van der Waals surface area contributed by atoms with Gasteiger partial charge in [-0.15, -0.1) is 0 Å². The number of aryl methyl sites for hydroxylation is 1. The lowest BCUT2D eigenvalue weighted by Crippen LogP contribution is -1.87. The molecule has 0 unspecified atom stereocenters. The highest BCUT2D eigenvalue weighted by Crippen LogP contribution is 2.22. The summed E-state index contributed by atoms with van der Waals surface area (Å²) in [5.41, 5.74) is 3.53. The number of hydrogen-bond acceptors (Lipinski definition) is 3. The Morgan fingerprint density at radius 3 is 2.60 bits per heavy atom. The van der Waals surface area contributed by atoms with Crippen molar-refractivity contribution in [1.29, 1.82) is 5.26 Å². The minimum atomic E-state index is 0.649. The Balaban J connectivity index is 2.62. The first-order chi connectivity index (χ1) is 7.31. The number of nitriles is 1. The van der Waals surface area contributed by atoms with E-state index in [1.54, 1.807) is 12.4 Å². The van der Waals surface area contributed by atoms with E-state index in [1.807, 2.05) is 25.1 Å². The van der Waals surface area contributed by atoms with Gasteiger partial charge in [-0.25, -0.2) is 9.97 Å². The first-order valence-corrected chi connectivity index (χ1v) is 4.57. The summed E-state index contributed by atoms with van der Waals surface area (Å²) >= 11 is 0. The summed E-state index contributed by atoms with van der Waals surface area (Å²) in [7, 11) is 0. The van der Waals surface area contributed by atoms with E-state index in [2.05, 4.69) is 16.0 Å². The summed E-state index contributed by atoms with van der Waals surface area (Å²) in [5, 5.41) is 8.98. The van der Waals surface area contributed by atoms with Crippen LogP contribution in [-0.2, 0) is 0 Å². The number of aromatic nitrogens is 2. The molecular formula is C12H9N3. The predicted molar refractivity (Wildman–Crippen MR) is 56.9 cm³/mol. The maximum Gasteiger partial charge on any atom is 0.115 e. The fourth-order valence-electron chi connectivity index (χ4n) is 1.43. The highest BCUT2D eigenvalue weighted by Gasteiger charge is 2.04. The second kappa shape index (κ2) is 3.89. The van der Waals surface area contributed by atoms with Crippen LogP contribution in [0.25, 0.3) is 11.1 Å². The van der Waals surface area contributed by atoms with E-state index in [1.165, 1.54) is 6.33 Å². The lowest BCUT2D eigenvalue weighted by Gasteiger charge is -2.03. The van der Waals surface area contributed by atoms with E-state index < -0.39 is 0 Å². The van der Waals surface area contributed by atoms with Crippen LogP contribution in [0.1, 0.15) is 11.1 Å². The third-order valence-electron chi connectivity index (χ3n) is 2.17. The summed E-state index contributed by atoms with van der Waals surface area (Å²) in [6, 6.07) is 7.87. The Morgan fingerprint density at radius 2 is 1.93 bits per heavy atom. The topological polar surface area (TPSA) is 49.6 Å². The molecule has 72 valence electrons. The van der Waals surface area contributed by atoms with Gasteiger partial charge in [-0.05, 0) is 19.1 Å². The number of hydrogen-bond donors (Lipinski definition) is 0. The Morgan fingerprint density at radius 1 is 1.20 bits per heavy atom. The molecule has 1 heterocycles. The minimum absolute atomic E-state index is 0.649. The highest BCUT2D eigenvalue weighted by molar-refractivity contribution is 5.69. The summed E-state index contributed by atoms with van der Waals surface area (Å²) in [6.07, 6.45) is 4.90. The third kappa shape index (κ3) is 1.84. The number of nitrogens with zero attached hydrogens (tertiary/aromatic N) is 3. The SMILES string of the molecule is Cc1ccc(C#N)c(-c2cncnc2)c1. The van der Waals surface area contributed by atoms with E-state index >= 15 is 0 Å². The van der Waals surface area contributed by atoms with Gasteiger partial charge in [0, 0.05) is 23.5 Å². The van der Waals surface area contributed by atoms with Gasteiger partial charge < -0.3 is 0 Å². The molecule has 1 aromatic carbocycles. The molecule has 0 fully saturated rings. The van der Waals surface area contributed by atoms with Crippen LogP contribution in [0.4, 0.5) is 0 Å².